The summed E-state index contributed by atoms with van der Waals surface area (Å²) < 4.78 is 11.2. The van der Waals surface area contributed by atoms with E-state index in [9.17, 15) is 0 Å². The molecule has 2 N–H and O–H groups in total. The maximum absolute atomic E-state index is 5.78. The van der Waals surface area contributed by atoms with Crippen molar-refractivity contribution in [2.45, 2.75) is 25.9 Å². The Morgan fingerprint density at radius 3 is 2.79 bits per heavy atom. The number of rotatable bonds is 3. The molecular weight excluding hydrogens is 240 g/mol. The van der Waals surface area contributed by atoms with Gasteiger partial charge in [0.1, 0.15) is 13.2 Å². The Morgan fingerprint density at radius 2 is 2.05 bits per heavy atom. The van der Waals surface area contributed by atoms with Crippen LogP contribution < -0.4 is 15.2 Å². The highest BCUT2D eigenvalue weighted by molar-refractivity contribution is 5.43. The normalized spacial score (nSPS) is 26.6. The van der Waals surface area contributed by atoms with Gasteiger partial charge < -0.3 is 15.2 Å². The van der Waals surface area contributed by atoms with Crippen molar-refractivity contribution >= 4 is 0 Å². The lowest BCUT2D eigenvalue weighted by atomic mass is 10.1. The van der Waals surface area contributed by atoms with Crippen molar-refractivity contribution < 1.29 is 9.47 Å². The summed E-state index contributed by atoms with van der Waals surface area (Å²) in [6, 6.07) is 6.87. The number of fused-ring (bicyclic) bond motifs is 1. The fourth-order valence-electron chi connectivity index (χ4n) is 3.03. The standard InChI is InChI=1S/C15H22N2O2/c1-11-6-13(8-16)10-17(11)9-12-2-3-14-15(7-12)19-5-4-18-14/h2-3,7,11,13H,4-6,8-10,16H2,1H3/t11-,13+/m1/s1. The molecule has 0 aromatic heterocycles. The molecule has 0 spiro atoms. The third-order valence-corrected chi connectivity index (χ3v) is 4.12. The molecule has 104 valence electrons. The summed E-state index contributed by atoms with van der Waals surface area (Å²) >= 11 is 0. The summed E-state index contributed by atoms with van der Waals surface area (Å²) in [7, 11) is 0. The third-order valence-electron chi connectivity index (χ3n) is 4.12. The molecule has 2 atom stereocenters. The Labute approximate surface area is 114 Å². The van der Waals surface area contributed by atoms with E-state index in [4.69, 9.17) is 15.2 Å². The second-order valence-electron chi connectivity index (χ2n) is 5.59. The maximum Gasteiger partial charge on any atom is 0.161 e. The predicted molar refractivity (Wildman–Crippen MR) is 74.5 cm³/mol. The van der Waals surface area contributed by atoms with Gasteiger partial charge in [-0.1, -0.05) is 6.07 Å². The first-order valence-corrected chi connectivity index (χ1v) is 7.09. The van der Waals surface area contributed by atoms with Gasteiger partial charge in [-0.15, -0.1) is 0 Å². The van der Waals surface area contributed by atoms with Gasteiger partial charge in [0, 0.05) is 19.1 Å². The van der Waals surface area contributed by atoms with Crippen LogP contribution in [0.3, 0.4) is 0 Å². The molecule has 0 unspecified atom stereocenters. The van der Waals surface area contributed by atoms with Crippen LogP contribution in [0.1, 0.15) is 18.9 Å². The Balaban J connectivity index is 1.70. The lowest BCUT2D eigenvalue weighted by Gasteiger charge is -2.23. The number of hydrogen-bond acceptors (Lipinski definition) is 4. The van der Waals surface area contributed by atoms with E-state index in [0.29, 0.717) is 25.2 Å². The summed E-state index contributed by atoms with van der Waals surface area (Å²) in [4.78, 5) is 2.50. The van der Waals surface area contributed by atoms with Crippen molar-refractivity contribution in [2.75, 3.05) is 26.3 Å². The second kappa shape index (κ2) is 5.39. The van der Waals surface area contributed by atoms with E-state index in [1.165, 1.54) is 12.0 Å². The van der Waals surface area contributed by atoms with Gasteiger partial charge in [0.2, 0.25) is 0 Å². The first-order chi connectivity index (χ1) is 9.26. The van der Waals surface area contributed by atoms with Crippen molar-refractivity contribution in [2.24, 2.45) is 11.7 Å². The zero-order valence-corrected chi connectivity index (χ0v) is 11.5. The van der Waals surface area contributed by atoms with E-state index in [-0.39, 0.29) is 0 Å². The number of nitrogens with two attached hydrogens (primary N) is 1. The van der Waals surface area contributed by atoms with Crippen LogP contribution in [0.15, 0.2) is 18.2 Å². The van der Waals surface area contributed by atoms with Crippen LogP contribution in [-0.2, 0) is 6.54 Å². The monoisotopic (exact) mass is 262 g/mol. The topological polar surface area (TPSA) is 47.7 Å². The molecule has 4 heteroatoms. The molecule has 0 amide bonds. The van der Waals surface area contributed by atoms with Crippen molar-refractivity contribution in [1.82, 2.24) is 4.90 Å². The van der Waals surface area contributed by atoms with Gasteiger partial charge in [0.15, 0.2) is 11.5 Å². The van der Waals surface area contributed by atoms with E-state index in [2.05, 4.69) is 24.0 Å². The van der Waals surface area contributed by atoms with Gasteiger partial charge in [-0.3, -0.25) is 4.90 Å². The molecule has 0 bridgehead atoms. The summed E-state index contributed by atoms with van der Waals surface area (Å²) in [5.74, 6) is 2.39. The molecule has 1 aromatic rings. The highest BCUT2D eigenvalue weighted by Crippen LogP contribution is 2.32. The Hall–Kier alpha value is -1.26. The smallest absolute Gasteiger partial charge is 0.161 e. The van der Waals surface area contributed by atoms with E-state index < -0.39 is 0 Å². The fourth-order valence-corrected chi connectivity index (χ4v) is 3.03. The van der Waals surface area contributed by atoms with E-state index in [0.717, 1.165) is 31.1 Å². The fraction of sp³-hybridized carbons (Fsp3) is 0.600. The first-order valence-electron chi connectivity index (χ1n) is 7.09. The van der Waals surface area contributed by atoms with Crippen molar-refractivity contribution in [3.05, 3.63) is 23.8 Å². The minimum atomic E-state index is 0.613. The average Bonchev–Trinajstić information content (AvgIpc) is 2.79. The molecule has 2 aliphatic heterocycles. The molecule has 19 heavy (non-hydrogen) atoms. The molecular formula is C15H22N2O2. The van der Waals surface area contributed by atoms with Gasteiger partial charge in [0.25, 0.3) is 0 Å². The van der Waals surface area contributed by atoms with Crippen LogP contribution in [0.4, 0.5) is 0 Å². The predicted octanol–water partition coefficient (Wildman–Crippen LogP) is 1.63. The van der Waals surface area contributed by atoms with Crippen LogP contribution >= 0.6 is 0 Å². The van der Waals surface area contributed by atoms with Gasteiger partial charge in [-0.05, 0) is 43.5 Å². The molecule has 0 radical (unpaired) electrons. The molecule has 3 rings (SSSR count). The number of benzene rings is 1. The van der Waals surface area contributed by atoms with Crippen LogP contribution in [0.25, 0.3) is 0 Å². The lowest BCUT2D eigenvalue weighted by Crippen LogP contribution is -2.27. The van der Waals surface area contributed by atoms with Crippen molar-refractivity contribution in [3.8, 4) is 11.5 Å². The highest BCUT2D eigenvalue weighted by Gasteiger charge is 2.28. The van der Waals surface area contributed by atoms with Crippen molar-refractivity contribution in [1.29, 1.82) is 0 Å². The average molecular weight is 262 g/mol. The highest BCUT2D eigenvalue weighted by atomic mass is 16.6. The molecule has 1 aromatic carbocycles. The molecule has 0 aliphatic carbocycles. The largest absolute Gasteiger partial charge is 0.486 e. The number of hydrogen-bond donors (Lipinski definition) is 1. The molecule has 2 aliphatic rings. The lowest BCUT2D eigenvalue weighted by molar-refractivity contribution is 0.171. The van der Waals surface area contributed by atoms with Crippen molar-refractivity contribution in [3.63, 3.8) is 0 Å². The SMILES string of the molecule is C[C@@H]1C[C@@H](CN)CN1Cc1ccc2c(c1)OCCO2. The number of ether oxygens (including phenoxy) is 2. The Bertz CT molecular complexity index is 450. The van der Waals surface area contributed by atoms with E-state index in [1.807, 2.05) is 6.07 Å². The second-order valence-corrected chi connectivity index (χ2v) is 5.59. The number of nitrogens with zero attached hydrogens (tertiary/aromatic N) is 1. The van der Waals surface area contributed by atoms with E-state index >= 15 is 0 Å². The molecule has 4 nitrogen and oxygen atoms in total. The Morgan fingerprint density at radius 1 is 1.26 bits per heavy atom. The summed E-state index contributed by atoms with van der Waals surface area (Å²) in [5, 5.41) is 0. The van der Waals surface area contributed by atoms with Gasteiger partial charge in [0.05, 0.1) is 0 Å². The first kappa shape index (κ1) is 12.8. The minimum absolute atomic E-state index is 0.613. The Kier molecular flexibility index (Phi) is 3.62. The van der Waals surface area contributed by atoms with E-state index in [1.54, 1.807) is 0 Å². The molecule has 0 saturated carbocycles. The summed E-state index contributed by atoms with van der Waals surface area (Å²) in [6.45, 7) is 6.44. The van der Waals surface area contributed by atoms with Gasteiger partial charge >= 0.3 is 0 Å². The number of likely N-dealkylation sites (tertiary alicyclic amines) is 1. The van der Waals surface area contributed by atoms with Gasteiger partial charge in [-0.25, -0.2) is 0 Å². The summed E-state index contributed by atoms with van der Waals surface area (Å²) in [6.07, 6.45) is 1.21. The molecule has 1 fully saturated rings. The van der Waals surface area contributed by atoms with Crippen LogP contribution in [0, 0.1) is 5.92 Å². The summed E-state index contributed by atoms with van der Waals surface area (Å²) in [5.41, 5.74) is 7.07. The third kappa shape index (κ3) is 2.69. The minimum Gasteiger partial charge on any atom is -0.486 e. The molecule has 2 heterocycles. The zero-order chi connectivity index (χ0) is 13.2. The zero-order valence-electron chi connectivity index (χ0n) is 11.5. The molecule has 1 saturated heterocycles. The quantitative estimate of drug-likeness (QED) is 0.899. The van der Waals surface area contributed by atoms with Gasteiger partial charge in [-0.2, -0.15) is 0 Å². The van der Waals surface area contributed by atoms with Crippen LogP contribution in [-0.4, -0.2) is 37.2 Å². The van der Waals surface area contributed by atoms with Crippen LogP contribution in [0.2, 0.25) is 0 Å². The van der Waals surface area contributed by atoms with Crippen LogP contribution in [0.5, 0.6) is 11.5 Å². The maximum atomic E-state index is 5.78.